The van der Waals surface area contributed by atoms with Crippen molar-refractivity contribution < 1.29 is 4.79 Å². The fraction of sp³-hybridized carbons (Fsp3) is 0.562. The second-order valence-corrected chi connectivity index (χ2v) is 5.85. The molecule has 0 unspecified atom stereocenters. The maximum absolute atomic E-state index is 11.6. The molecule has 0 saturated heterocycles. The van der Waals surface area contributed by atoms with Gasteiger partial charge in [0.25, 0.3) is 0 Å². The number of anilines is 1. The summed E-state index contributed by atoms with van der Waals surface area (Å²) in [5.41, 5.74) is 2.25. The molecule has 3 nitrogen and oxygen atoms in total. The standard InChI is InChI=1S/C16H22N2O/c1-17-15(19)10-13-4-2-3-5-14(13)18-16(11-6-7-11)12-8-9-12/h2-5,11-12,16,18H,6-10H2,1H3,(H,17,19). The Bertz CT molecular complexity index is 452. The molecule has 1 amide bonds. The highest BCUT2D eigenvalue weighted by Gasteiger charge is 2.41. The molecule has 0 bridgehead atoms. The van der Waals surface area contributed by atoms with E-state index in [0.29, 0.717) is 12.5 Å². The summed E-state index contributed by atoms with van der Waals surface area (Å²) in [5, 5.41) is 6.42. The summed E-state index contributed by atoms with van der Waals surface area (Å²) >= 11 is 0. The summed E-state index contributed by atoms with van der Waals surface area (Å²) < 4.78 is 0. The SMILES string of the molecule is CNC(=O)Cc1ccccc1NC(C1CC1)C1CC1. The molecule has 1 aromatic rings. The molecule has 19 heavy (non-hydrogen) atoms. The molecule has 0 atom stereocenters. The summed E-state index contributed by atoms with van der Waals surface area (Å²) in [6.45, 7) is 0. The van der Waals surface area contributed by atoms with Crippen LogP contribution in [-0.4, -0.2) is 19.0 Å². The summed E-state index contributed by atoms with van der Waals surface area (Å²) in [7, 11) is 1.69. The van der Waals surface area contributed by atoms with Crippen LogP contribution >= 0.6 is 0 Å². The second kappa shape index (κ2) is 5.24. The van der Waals surface area contributed by atoms with Gasteiger partial charge in [-0.25, -0.2) is 0 Å². The Morgan fingerprint density at radius 3 is 2.42 bits per heavy atom. The zero-order chi connectivity index (χ0) is 13.2. The van der Waals surface area contributed by atoms with Gasteiger partial charge in [0.05, 0.1) is 6.42 Å². The van der Waals surface area contributed by atoms with E-state index in [4.69, 9.17) is 0 Å². The van der Waals surface area contributed by atoms with Gasteiger partial charge in [0, 0.05) is 18.8 Å². The first kappa shape index (κ1) is 12.5. The number of hydrogen-bond donors (Lipinski definition) is 2. The zero-order valence-corrected chi connectivity index (χ0v) is 11.5. The van der Waals surface area contributed by atoms with Gasteiger partial charge in [-0.3, -0.25) is 4.79 Å². The fourth-order valence-corrected chi connectivity index (χ4v) is 2.79. The highest BCUT2D eigenvalue weighted by Crippen LogP contribution is 2.46. The minimum absolute atomic E-state index is 0.0728. The van der Waals surface area contributed by atoms with Crippen molar-refractivity contribution in [2.75, 3.05) is 12.4 Å². The largest absolute Gasteiger partial charge is 0.382 e. The lowest BCUT2D eigenvalue weighted by Crippen LogP contribution is -2.26. The van der Waals surface area contributed by atoms with Crippen LogP contribution in [-0.2, 0) is 11.2 Å². The van der Waals surface area contributed by atoms with Crippen molar-refractivity contribution in [3.05, 3.63) is 29.8 Å². The molecule has 102 valence electrons. The van der Waals surface area contributed by atoms with E-state index in [0.717, 1.165) is 23.1 Å². The van der Waals surface area contributed by atoms with Crippen LogP contribution in [0, 0.1) is 11.8 Å². The van der Waals surface area contributed by atoms with E-state index in [-0.39, 0.29) is 5.91 Å². The van der Waals surface area contributed by atoms with Gasteiger partial charge < -0.3 is 10.6 Å². The maximum atomic E-state index is 11.6. The molecular weight excluding hydrogens is 236 g/mol. The number of hydrogen-bond acceptors (Lipinski definition) is 2. The van der Waals surface area contributed by atoms with E-state index < -0.39 is 0 Å². The number of carbonyl (C=O) groups excluding carboxylic acids is 1. The van der Waals surface area contributed by atoms with Gasteiger partial charge in [0.2, 0.25) is 5.91 Å². The van der Waals surface area contributed by atoms with Crippen LogP contribution in [0.15, 0.2) is 24.3 Å². The summed E-state index contributed by atoms with van der Waals surface area (Å²) in [6, 6.07) is 8.84. The van der Waals surface area contributed by atoms with Crippen molar-refractivity contribution in [3.8, 4) is 0 Å². The van der Waals surface area contributed by atoms with Crippen LogP contribution in [0.5, 0.6) is 0 Å². The summed E-state index contributed by atoms with van der Waals surface area (Å²) in [5.74, 6) is 1.80. The van der Waals surface area contributed by atoms with E-state index >= 15 is 0 Å². The van der Waals surface area contributed by atoms with E-state index in [9.17, 15) is 4.79 Å². The Morgan fingerprint density at radius 2 is 1.84 bits per heavy atom. The molecule has 0 radical (unpaired) electrons. The van der Waals surface area contributed by atoms with Gasteiger partial charge >= 0.3 is 0 Å². The van der Waals surface area contributed by atoms with Gasteiger partial charge in [0.1, 0.15) is 0 Å². The van der Waals surface area contributed by atoms with Crippen molar-refractivity contribution in [2.45, 2.75) is 38.1 Å². The van der Waals surface area contributed by atoms with E-state index in [2.05, 4.69) is 22.8 Å². The van der Waals surface area contributed by atoms with Crippen LogP contribution in [0.1, 0.15) is 31.2 Å². The van der Waals surface area contributed by atoms with Gasteiger partial charge in [-0.1, -0.05) is 18.2 Å². The third kappa shape index (κ3) is 3.09. The predicted octanol–water partition coefficient (Wildman–Crippen LogP) is 2.58. The number of benzene rings is 1. The topological polar surface area (TPSA) is 41.1 Å². The first-order valence-electron chi connectivity index (χ1n) is 7.33. The third-order valence-corrected chi connectivity index (χ3v) is 4.23. The van der Waals surface area contributed by atoms with Gasteiger partial charge in [-0.05, 0) is 49.1 Å². The Kier molecular flexibility index (Phi) is 3.45. The van der Waals surface area contributed by atoms with Crippen LogP contribution in [0.3, 0.4) is 0 Å². The fourth-order valence-electron chi connectivity index (χ4n) is 2.79. The number of rotatable bonds is 6. The van der Waals surface area contributed by atoms with Crippen molar-refractivity contribution in [3.63, 3.8) is 0 Å². The average Bonchev–Trinajstić information content (AvgIpc) is 3.29. The normalized spacial score (nSPS) is 18.4. The van der Waals surface area contributed by atoms with E-state index in [1.165, 1.54) is 25.7 Å². The molecule has 2 N–H and O–H groups in total. The van der Waals surface area contributed by atoms with Gasteiger partial charge in [-0.2, -0.15) is 0 Å². The maximum Gasteiger partial charge on any atom is 0.224 e. The lowest BCUT2D eigenvalue weighted by molar-refractivity contribution is -0.119. The molecule has 2 aliphatic carbocycles. The zero-order valence-electron chi connectivity index (χ0n) is 11.5. The smallest absolute Gasteiger partial charge is 0.224 e. The first-order valence-corrected chi connectivity index (χ1v) is 7.33. The Balaban J connectivity index is 1.73. The number of amides is 1. The molecule has 3 heteroatoms. The van der Waals surface area contributed by atoms with Gasteiger partial charge in [0.15, 0.2) is 0 Å². The van der Waals surface area contributed by atoms with Crippen molar-refractivity contribution >= 4 is 11.6 Å². The lowest BCUT2D eigenvalue weighted by atomic mass is 10.0. The van der Waals surface area contributed by atoms with Crippen LogP contribution < -0.4 is 10.6 Å². The molecule has 0 aromatic heterocycles. The average molecular weight is 258 g/mol. The number of carbonyl (C=O) groups is 1. The van der Waals surface area contributed by atoms with Crippen molar-refractivity contribution in [1.29, 1.82) is 0 Å². The Labute approximate surface area is 114 Å². The molecule has 1 aromatic carbocycles. The lowest BCUT2D eigenvalue weighted by Gasteiger charge is -2.21. The quantitative estimate of drug-likeness (QED) is 0.823. The summed E-state index contributed by atoms with van der Waals surface area (Å²) in [6.07, 6.45) is 5.93. The third-order valence-electron chi connectivity index (χ3n) is 4.23. The minimum Gasteiger partial charge on any atom is -0.382 e. The van der Waals surface area contributed by atoms with Crippen LogP contribution in [0.25, 0.3) is 0 Å². The molecule has 0 aliphatic heterocycles. The van der Waals surface area contributed by atoms with Gasteiger partial charge in [-0.15, -0.1) is 0 Å². The monoisotopic (exact) mass is 258 g/mol. The van der Waals surface area contributed by atoms with Crippen molar-refractivity contribution in [2.24, 2.45) is 11.8 Å². The summed E-state index contributed by atoms with van der Waals surface area (Å²) in [4.78, 5) is 11.6. The molecule has 0 heterocycles. The highest BCUT2D eigenvalue weighted by atomic mass is 16.1. The molecule has 3 rings (SSSR count). The first-order chi connectivity index (χ1) is 9.28. The van der Waals surface area contributed by atoms with Crippen molar-refractivity contribution in [1.82, 2.24) is 5.32 Å². The minimum atomic E-state index is 0.0728. The Morgan fingerprint density at radius 1 is 1.21 bits per heavy atom. The van der Waals surface area contributed by atoms with Crippen LogP contribution in [0.4, 0.5) is 5.69 Å². The number of likely N-dealkylation sites (N-methyl/N-ethyl adjacent to an activating group) is 1. The molecule has 0 spiro atoms. The second-order valence-electron chi connectivity index (χ2n) is 5.85. The number of para-hydroxylation sites is 1. The van der Waals surface area contributed by atoms with Crippen LogP contribution in [0.2, 0.25) is 0 Å². The highest BCUT2D eigenvalue weighted by molar-refractivity contribution is 5.80. The molecule has 2 aliphatic rings. The molecule has 2 fully saturated rings. The van der Waals surface area contributed by atoms with E-state index in [1.807, 2.05) is 12.1 Å². The number of nitrogens with one attached hydrogen (secondary N) is 2. The van der Waals surface area contributed by atoms with E-state index in [1.54, 1.807) is 7.05 Å². The Hall–Kier alpha value is -1.51. The molecule has 2 saturated carbocycles. The molecular formula is C16H22N2O. The predicted molar refractivity (Wildman–Crippen MR) is 77.1 cm³/mol.